The van der Waals surface area contributed by atoms with Crippen molar-refractivity contribution in [2.75, 3.05) is 6.61 Å². The molecule has 4 heteroatoms. The van der Waals surface area contributed by atoms with Crippen LogP contribution in [-0.4, -0.2) is 6.61 Å². The summed E-state index contributed by atoms with van der Waals surface area (Å²) in [6.07, 6.45) is 0. The van der Waals surface area contributed by atoms with Crippen molar-refractivity contribution in [1.82, 2.24) is 5.32 Å². The smallest absolute Gasteiger partial charge is 0.123 e. The van der Waals surface area contributed by atoms with Crippen molar-refractivity contribution in [3.8, 4) is 5.75 Å². The van der Waals surface area contributed by atoms with Gasteiger partial charge >= 0.3 is 0 Å². The Morgan fingerprint density at radius 3 is 2.78 bits per heavy atom. The van der Waals surface area contributed by atoms with Gasteiger partial charge in [-0.2, -0.15) is 0 Å². The molecule has 0 saturated heterocycles. The summed E-state index contributed by atoms with van der Waals surface area (Å²) in [5, 5.41) is 5.54. The molecule has 0 aliphatic heterocycles. The summed E-state index contributed by atoms with van der Waals surface area (Å²) in [5.74, 6) is 0.970. The molecule has 0 aliphatic rings. The predicted molar refractivity (Wildman–Crippen MR) is 80.2 cm³/mol. The molecule has 0 atom stereocenters. The van der Waals surface area contributed by atoms with Crippen LogP contribution in [0.4, 0.5) is 0 Å². The Morgan fingerprint density at radius 2 is 2.06 bits per heavy atom. The standard InChI is InChI=1S/C14H16BrNOS/c1-2-17-13-6-4-3-5-11(13)9-16-10-14-12(15)7-8-18-14/h3-8,16H,2,9-10H2,1H3. The summed E-state index contributed by atoms with van der Waals surface area (Å²) in [6.45, 7) is 4.40. The van der Waals surface area contributed by atoms with Gasteiger partial charge in [0.2, 0.25) is 0 Å². The van der Waals surface area contributed by atoms with Crippen molar-refractivity contribution in [2.24, 2.45) is 0 Å². The first-order valence-corrected chi connectivity index (χ1v) is 7.61. The summed E-state index contributed by atoms with van der Waals surface area (Å²) in [6, 6.07) is 10.2. The monoisotopic (exact) mass is 325 g/mol. The summed E-state index contributed by atoms with van der Waals surface area (Å²) in [7, 11) is 0. The second-order valence-corrected chi connectivity index (χ2v) is 5.69. The van der Waals surface area contributed by atoms with Gasteiger partial charge < -0.3 is 10.1 Å². The number of hydrogen-bond acceptors (Lipinski definition) is 3. The Kier molecular flexibility index (Phi) is 5.23. The zero-order valence-electron chi connectivity index (χ0n) is 10.3. The van der Waals surface area contributed by atoms with Crippen LogP contribution in [0.3, 0.4) is 0 Å². The highest BCUT2D eigenvalue weighted by Gasteiger charge is 2.04. The first-order valence-electron chi connectivity index (χ1n) is 5.94. The molecule has 2 aromatic rings. The van der Waals surface area contributed by atoms with Gasteiger partial charge in [0.15, 0.2) is 0 Å². The fourth-order valence-corrected chi connectivity index (χ4v) is 3.17. The zero-order chi connectivity index (χ0) is 12.8. The van der Waals surface area contributed by atoms with Crippen LogP contribution in [0.15, 0.2) is 40.2 Å². The van der Waals surface area contributed by atoms with Crippen LogP contribution in [0, 0.1) is 0 Å². The largest absolute Gasteiger partial charge is 0.494 e. The maximum Gasteiger partial charge on any atom is 0.123 e. The molecular formula is C14H16BrNOS. The Bertz CT molecular complexity index is 498. The second kappa shape index (κ2) is 6.92. The highest BCUT2D eigenvalue weighted by molar-refractivity contribution is 9.10. The van der Waals surface area contributed by atoms with Gasteiger partial charge in [0.1, 0.15) is 5.75 Å². The third-order valence-electron chi connectivity index (χ3n) is 2.56. The van der Waals surface area contributed by atoms with Crippen molar-refractivity contribution in [3.05, 3.63) is 50.6 Å². The maximum absolute atomic E-state index is 5.60. The van der Waals surface area contributed by atoms with E-state index in [1.54, 1.807) is 11.3 Å². The molecule has 0 aliphatic carbocycles. The van der Waals surface area contributed by atoms with E-state index in [2.05, 4.69) is 38.8 Å². The molecular weight excluding hydrogens is 310 g/mol. The van der Waals surface area contributed by atoms with Gasteiger partial charge in [-0.25, -0.2) is 0 Å². The molecule has 0 radical (unpaired) electrons. The van der Waals surface area contributed by atoms with E-state index in [1.807, 2.05) is 25.1 Å². The van der Waals surface area contributed by atoms with Crippen LogP contribution in [0.5, 0.6) is 5.75 Å². The highest BCUT2D eigenvalue weighted by Crippen LogP contribution is 2.23. The molecule has 0 fully saturated rings. The lowest BCUT2D eigenvalue weighted by atomic mass is 10.2. The molecule has 0 bridgehead atoms. The summed E-state index contributed by atoms with van der Waals surface area (Å²) in [5.41, 5.74) is 1.20. The number of hydrogen-bond donors (Lipinski definition) is 1. The minimum absolute atomic E-state index is 0.702. The van der Waals surface area contributed by atoms with Gasteiger partial charge in [0, 0.05) is 28.0 Å². The Hall–Kier alpha value is -0.840. The van der Waals surface area contributed by atoms with E-state index in [4.69, 9.17) is 4.74 Å². The van der Waals surface area contributed by atoms with Crippen molar-refractivity contribution < 1.29 is 4.74 Å². The SMILES string of the molecule is CCOc1ccccc1CNCc1sccc1Br. The van der Waals surface area contributed by atoms with Gasteiger partial charge in [-0.3, -0.25) is 0 Å². The summed E-state index contributed by atoms with van der Waals surface area (Å²) < 4.78 is 6.78. The number of thiophene rings is 1. The topological polar surface area (TPSA) is 21.3 Å². The molecule has 1 N–H and O–H groups in total. The quantitative estimate of drug-likeness (QED) is 0.859. The van der Waals surface area contributed by atoms with E-state index in [1.165, 1.54) is 14.9 Å². The summed E-state index contributed by atoms with van der Waals surface area (Å²) in [4.78, 5) is 1.32. The van der Waals surface area contributed by atoms with Crippen LogP contribution in [0.1, 0.15) is 17.4 Å². The molecule has 0 saturated carbocycles. The molecule has 18 heavy (non-hydrogen) atoms. The van der Waals surface area contributed by atoms with Crippen LogP contribution >= 0.6 is 27.3 Å². The lowest BCUT2D eigenvalue weighted by Gasteiger charge is -2.10. The number of ether oxygens (including phenoxy) is 1. The van der Waals surface area contributed by atoms with Gasteiger partial charge in [-0.1, -0.05) is 18.2 Å². The number of halogens is 1. The Balaban J connectivity index is 1.92. The average molecular weight is 326 g/mol. The van der Waals surface area contributed by atoms with Crippen molar-refractivity contribution in [1.29, 1.82) is 0 Å². The minimum atomic E-state index is 0.702. The van der Waals surface area contributed by atoms with Crippen molar-refractivity contribution in [2.45, 2.75) is 20.0 Å². The first kappa shape index (κ1) is 13.6. The van der Waals surface area contributed by atoms with E-state index in [-0.39, 0.29) is 0 Å². The number of para-hydroxylation sites is 1. The van der Waals surface area contributed by atoms with Crippen molar-refractivity contribution in [3.63, 3.8) is 0 Å². The second-order valence-electron chi connectivity index (χ2n) is 3.84. The van der Waals surface area contributed by atoms with Crippen LogP contribution < -0.4 is 10.1 Å². The van der Waals surface area contributed by atoms with Gasteiger partial charge in [-0.05, 0) is 40.4 Å². The lowest BCUT2D eigenvalue weighted by molar-refractivity contribution is 0.335. The molecule has 1 aromatic heterocycles. The van der Waals surface area contributed by atoms with Crippen LogP contribution in [-0.2, 0) is 13.1 Å². The molecule has 96 valence electrons. The van der Waals surface area contributed by atoms with Crippen molar-refractivity contribution >= 4 is 27.3 Å². The van der Waals surface area contributed by atoms with Crippen LogP contribution in [0.2, 0.25) is 0 Å². The normalized spacial score (nSPS) is 10.6. The zero-order valence-corrected chi connectivity index (χ0v) is 12.7. The average Bonchev–Trinajstić information content (AvgIpc) is 2.78. The lowest BCUT2D eigenvalue weighted by Crippen LogP contribution is -2.13. The van der Waals surface area contributed by atoms with E-state index >= 15 is 0 Å². The molecule has 2 rings (SSSR count). The fourth-order valence-electron chi connectivity index (χ4n) is 1.71. The molecule has 0 spiro atoms. The number of benzene rings is 1. The highest BCUT2D eigenvalue weighted by atomic mass is 79.9. The third kappa shape index (κ3) is 3.57. The molecule has 1 aromatic carbocycles. The van der Waals surface area contributed by atoms with Gasteiger partial charge in [-0.15, -0.1) is 11.3 Å². The first-order chi connectivity index (χ1) is 8.81. The fraction of sp³-hybridized carbons (Fsp3) is 0.286. The van der Waals surface area contributed by atoms with E-state index in [0.717, 1.165) is 18.8 Å². The molecule has 0 unspecified atom stereocenters. The maximum atomic E-state index is 5.60. The van der Waals surface area contributed by atoms with Gasteiger partial charge in [0.05, 0.1) is 6.61 Å². The summed E-state index contributed by atoms with van der Waals surface area (Å²) >= 11 is 5.30. The number of nitrogens with one attached hydrogen (secondary N) is 1. The minimum Gasteiger partial charge on any atom is -0.494 e. The Labute approximate surface area is 120 Å². The predicted octanol–water partition coefficient (Wildman–Crippen LogP) is 4.20. The van der Waals surface area contributed by atoms with Gasteiger partial charge in [0.25, 0.3) is 0 Å². The molecule has 2 nitrogen and oxygen atoms in total. The molecule has 1 heterocycles. The Morgan fingerprint density at radius 1 is 1.22 bits per heavy atom. The van der Waals surface area contributed by atoms with E-state index in [0.29, 0.717) is 6.61 Å². The molecule has 0 amide bonds. The van der Waals surface area contributed by atoms with E-state index in [9.17, 15) is 0 Å². The van der Waals surface area contributed by atoms with E-state index < -0.39 is 0 Å². The third-order valence-corrected chi connectivity index (χ3v) is 4.49. The van der Waals surface area contributed by atoms with Crippen LogP contribution in [0.25, 0.3) is 0 Å². The number of rotatable bonds is 6.